The molecule has 208 valence electrons. The molecule has 0 unspecified atom stereocenters. The molecule has 0 aliphatic heterocycles. The monoisotopic (exact) mass is 497 g/mol. The number of rotatable bonds is 27. The molecule has 0 spiro atoms. The topological polar surface area (TPSA) is 55.8 Å². The largest absolute Gasteiger partial charge is 0.466 e. The van der Waals surface area contributed by atoms with E-state index < -0.39 is 0 Å². The van der Waals surface area contributed by atoms with Gasteiger partial charge in [0.2, 0.25) is 0 Å². The zero-order valence-electron chi connectivity index (χ0n) is 23.8. The van der Waals surface area contributed by atoms with Crippen molar-refractivity contribution in [2.24, 2.45) is 0 Å². The van der Waals surface area contributed by atoms with Gasteiger partial charge in [0.1, 0.15) is 0 Å². The van der Waals surface area contributed by atoms with Crippen LogP contribution in [0.1, 0.15) is 149 Å². The summed E-state index contributed by atoms with van der Waals surface area (Å²) in [6.07, 6.45) is 22.5. The second-order valence-corrected chi connectivity index (χ2v) is 10.1. The van der Waals surface area contributed by atoms with Gasteiger partial charge in [0.15, 0.2) is 0 Å². The minimum atomic E-state index is -0.114. The van der Waals surface area contributed by atoms with E-state index in [9.17, 15) is 9.59 Å². The van der Waals surface area contributed by atoms with Gasteiger partial charge >= 0.3 is 11.9 Å². The van der Waals surface area contributed by atoms with Gasteiger partial charge in [0.25, 0.3) is 0 Å². The first kappa shape index (κ1) is 33.9. The summed E-state index contributed by atoms with van der Waals surface area (Å²) in [4.78, 5) is 26.6. The van der Waals surface area contributed by atoms with Crippen molar-refractivity contribution in [2.45, 2.75) is 149 Å². The van der Waals surface area contributed by atoms with Crippen LogP contribution in [-0.4, -0.2) is 49.7 Å². The summed E-state index contributed by atoms with van der Waals surface area (Å²) in [5.41, 5.74) is 0. The molecule has 0 radical (unpaired) electrons. The molecule has 0 amide bonds. The molecule has 5 heteroatoms. The van der Waals surface area contributed by atoms with Gasteiger partial charge < -0.3 is 14.4 Å². The molecule has 0 aromatic carbocycles. The quantitative estimate of drug-likeness (QED) is 0.0844. The van der Waals surface area contributed by atoms with Gasteiger partial charge in [-0.1, -0.05) is 117 Å². The Morgan fingerprint density at radius 2 is 0.800 bits per heavy atom. The summed E-state index contributed by atoms with van der Waals surface area (Å²) < 4.78 is 10.9. The number of hydrogen-bond acceptors (Lipinski definition) is 5. The smallest absolute Gasteiger partial charge is 0.307 e. The molecule has 0 heterocycles. The molecule has 0 saturated heterocycles. The first-order valence-corrected chi connectivity index (χ1v) is 15.2. The molecule has 0 saturated carbocycles. The number of carbonyl (C=O) groups is 2. The third-order valence-corrected chi connectivity index (χ3v) is 6.61. The Morgan fingerprint density at radius 1 is 0.457 bits per heavy atom. The second-order valence-electron chi connectivity index (χ2n) is 10.1. The highest BCUT2D eigenvalue weighted by molar-refractivity contribution is 5.70. The predicted molar refractivity (Wildman–Crippen MR) is 148 cm³/mol. The van der Waals surface area contributed by atoms with Crippen molar-refractivity contribution >= 4 is 11.9 Å². The van der Waals surface area contributed by atoms with E-state index in [1.54, 1.807) is 0 Å². The number of carbonyl (C=O) groups excluding carboxylic acids is 2. The minimum Gasteiger partial charge on any atom is -0.466 e. The average molecular weight is 498 g/mol. The van der Waals surface area contributed by atoms with Crippen molar-refractivity contribution in [3.05, 3.63) is 0 Å². The van der Waals surface area contributed by atoms with Crippen LogP contribution in [0, 0.1) is 0 Å². The van der Waals surface area contributed by atoms with Gasteiger partial charge in [-0.25, -0.2) is 0 Å². The normalized spacial score (nSPS) is 11.2. The average Bonchev–Trinajstić information content (AvgIpc) is 2.86. The molecule has 35 heavy (non-hydrogen) atoms. The van der Waals surface area contributed by atoms with Gasteiger partial charge in [-0.2, -0.15) is 0 Å². The molecule has 5 nitrogen and oxygen atoms in total. The molecular formula is C30H59NO4. The van der Waals surface area contributed by atoms with Crippen LogP contribution in [-0.2, 0) is 19.1 Å². The van der Waals surface area contributed by atoms with E-state index in [4.69, 9.17) is 9.47 Å². The van der Waals surface area contributed by atoms with E-state index in [-0.39, 0.29) is 11.9 Å². The standard InChI is InChI=1S/C30H59NO4/c1-4-7-10-13-16-19-24-31(25-22-29(32)34-27-20-17-14-11-8-5-2)26-23-30(33)35-28-21-18-15-12-9-6-3/h4-28H2,1-3H3. The summed E-state index contributed by atoms with van der Waals surface area (Å²) in [6, 6.07) is 0. The fourth-order valence-electron chi connectivity index (χ4n) is 4.23. The molecule has 0 fully saturated rings. The maximum atomic E-state index is 12.2. The van der Waals surface area contributed by atoms with E-state index in [2.05, 4.69) is 25.7 Å². The third kappa shape index (κ3) is 25.8. The molecule has 0 aromatic heterocycles. The van der Waals surface area contributed by atoms with Gasteiger partial charge in [-0.3, -0.25) is 9.59 Å². The zero-order chi connectivity index (χ0) is 25.8. The van der Waals surface area contributed by atoms with Crippen molar-refractivity contribution in [1.82, 2.24) is 4.90 Å². The highest BCUT2D eigenvalue weighted by Crippen LogP contribution is 2.09. The summed E-state index contributed by atoms with van der Waals surface area (Å²) in [5, 5.41) is 0. The van der Waals surface area contributed by atoms with Crippen molar-refractivity contribution < 1.29 is 19.1 Å². The molecule has 0 atom stereocenters. The van der Waals surface area contributed by atoms with Gasteiger partial charge in [0, 0.05) is 13.1 Å². The summed E-state index contributed by atoms with van der Waals surface area (Å²) in [6.45, 7) is 10.00. The maximum Gasteiger partial charge on any atom is 0.307 e. The summed E-state index contributed by atoms with van der Waals surface area (Å²) in [5.74, 6) is -0.227. The number of ether oxygens (including phenoxy) is 2. The lowest BCUT2D eigenvalue weighted by Gasteiger charge is -2.21. The van der Waals surface area contributed by atoms with Crippen molar-refractivity contribution in [3.8, 4) is 0 Å². The van der Waals surface area contributed by atoms with Crippen LogP contribution in [0.5, 0.6) is 0 Å². The summed E-state index contributed by atoms with van der Waals surface area (Å²) >= 11 is 0. The molecule has 0 bridgehead atoms. The van der Waals surface area contributed by atoms with Crippen LogP contribution in [0.2, 0.25) is 0 Å². The summed E-state index contributed by atoms with van der Waals surface area (Å²) in [7, 11) is 0. The second kappa shape index (κ2) is 27.5. The van der Waals surface area contributed by atoms with Gasteiger partial charge in [-0.05, 0) is 25.8 Å². The number of unbranched alkanes of at least 4 members (excludes halogenated alkanes) is 15. The lowest BCUT2D eigenvalue weighted by atomic mass is 10.1. The Kier molecular flexibility index (Phi) is 26.6. The molecule has 0 aliphatic carbocycles. The lowest BCUT2D eigenvalue weighted by Crippen LogP contribution is -2.30. The zero-order valence-corrected chi connectivity index (χ0v) is 23.8. The van der Waals surface area contributed by atoms with E-state index in [0.29, 0.717) is 39.1 Å². The van der Waals surface area contributed by atoms with Crippen molar-refractivity contribution in [2.75, 3.05) is 32.8 Å². The molecule has 0 aromatic rings. The van der Waals surface area contributed by atoms with Crippen molar-refractivity contribution in [3.63, 3.8) is 0 Å². The van der Waals surface area contributed by atoms with Crippen LogP contribution in [0.25, 0.3) is 0 Å². The van der Waals surface area contributed by atoms with E-state index in [1.165, 1.54) is 83.5 Å². The fourth-order valence-corrected chi connectivity index (χ4v) is 4.23. The number of hydrogen-bond donors (Lipinski definition) is 0. The maximum absolute atomic E-state index is 12.2. The Balaban J connectivity index is 4.13. The molecular weight excluding hydrogens is 438 g/mol. The SMILES string of the molecule is CCCCCCCCOC(=O)CCN(CCCCCCCC)CCC(=O)OCCCCCCCC. The first-order chi connectivity index (χ1) is 17.1. The van der Waals surface area contributed by atoms with Crippen LogP contribution >= 0.6 is 0 Å². The molecule has 0 N–H and O–H groups in total. The Hall–Kier alpha value is -1.10. The highest BCUT2D eigenvalue weighted by Gasteiger charge is 2.12. The Bertz CT molecular complexity index is 435. The molecule has 0 rings (SSSR count). The van der Waals surface area contributed by atoms with E-state index >= 15 is 0 Å². The van der Waals surface area contributed by atoms with Crippen LogP contribution in [0.15, 0.2) is 0 Å². The Morgan fingerprint density at radius 3 is 1.20 bits per heavy atom. The van der Waals surface area contributed by atoms with Gasteiger partial charge in [0.05, 0.1) is 26.1 Å². The minimum absolute atomic E-state index is 0.114. The van der Waals surface area contributed by atoms with E-state index in [1.807, 2.05) is 0 Å². The van der Waals surface area contributed by atoms with Crippen LogP contribution < -0.4 is 0 Å². The number of nitrogens with zero attached hydrogens (tertiary/aromatic N) is 1. The fraction of sp³-hybridized carbons (Fsp3) is 0.933. The van der Waals surface area contributed by atoms with Gasteiger partial charge in [-0.15, -0.1) is 0 Å². The van der Waals surface area contributed by atoms with Crippen LogP contribution in [0.3, 0.4) is 0 Å². The highest BCUT2D eigenvalue weighted by atomic mass is 16.5. The first-order valence-electron chi connectivity index (χ1n) is 15.2. The molecule has 0 aliphatic rings. The lowest BCUT2D eigenvalue weighted by molar-refractivity contribution is -0.144. The van der Waals surface area contributed by atoms with Crippen LogP contribution in [0.4, 0.5) is 0 Å². The predicted octanol–water partition coefficient (Wildman–Crippen LogP) is 8.24. The number of esters is 2. The Labute approximate surface area is 218 Å². The third-order valence-electron chi connectivity index (χ3n) is 6.61. The van der Waals surface area contributed by atoms with E-state index in [0.717, 1.165) is 38.6 Å². The van der Waals surface area contributed by atoms with Crippen molar-refractivity contribution in [1.29, 1.82) is 0 Å².